The van der Waals surface area contributed by atoms with Crippen LogP contribution in [-0.2, 0) is 0 Å². The standard InChI is InChI=1S/C18H24N2O4/c1-4-23-14-7-8-15(12(2)10-14)20-18(22)19-13(3)11-16(21)17-6-5-9-24-17/h5-10,13,16,21H,4,11H2,1-3H3,(H2,19,20,22). The first-order valence-electron chi connectivity index (χ1n) is 8.02. The summed E-state index contributed by atoms with van der Waals surface area (Å²) < 4.78 is 10.6. The minimum Gasteiger partial charge on any atom is -0.494 e. The second-order valence-corrected chi connectivity index (χ2v) is 5.68. The quantitative estimate of drug-likeness (QED) is 0.723. The van der Waals surface area contributed by atoms with Crippen LogP contribution in [0.4, 0.5) is 10.5 Å². The molecule has 0 aliphatic rings. The van der Waals surface area contributed by atoms with Crippen LogP contribution in [-0.4, -0.2) is 23.8 Å². The molecule has 1 heterocycles. The van der Waals surface area contributed by atoms with Gasteiger partial charge in [-0.3, -0.25) is 0 Å². The van der Waals surface area contributed by atoms with Crippen molar-refractivity contribution in [3.63, 3.8) is 0 Å². The lowest BCUT2D eigenvalue weighted by Crippen LogP contribution is -2.37. The molecule has 0 saturated carbocycles. The number of urea groups is 1. The summed E-state index contributed by atoms with van der Waals surface area (Å²) in [6.07, 6.45) is 1.13. The van der Waals surface area contributed by atoms with E-state index in [0.717, 1.165) is 17.0 Å². The van der Waals surface area contributed by atoms with Crippen molar-refractivity contribution in [3.05, 3.63) is 47.9 Å². The van der Waals surface area contributed by atoms with E-state index in [1.54, 1.807) is 12.1 Å². The van der Waals surface area contributed by atoms with E-state index in [-0.39, 0.29) is 12.1 Å². The zero-order chi connectivity index (χ0) is 17.5. The summed E-state index contributed by atoms with van der Waals surface area (Å²) in [5, 5.41) is 15.6. The Morgan fingerprint density at radius 2 is 2.17 bits per heavy atom. The Kier molecular flexibility index (Phi) is 6.26. The molecular weight excluding hydrogens is 308 g/mol. The molecule has 0 spiro atoms. The van der Waals surface area contributed by atoms with Gasteiger partial charge >= 0.3 is 6.03 Å². The number of ether oxygens (including phenoxy) is 1. The molecule has 0 aliphatic carbocycles. The van der Waals surface area contributed by atoms with Gasteiger partial charge in [-0.2, -0.15) is 0 Å². The highest BCUT2D eigenvalue weighted by Crippen LogP contribution is 2.22. The number of aryl methyl sites for hydroxylation is 1. The molecule has 0 saturated heterocycles. The van der Waals surface area contributed by atoms with Crippen LogP contribution in [0.5, 0.6) is 5.75 Å². The molecule has 1 aromatic carbocycles. The zero-order valence-corrected chi connectivity index (χ0v) is 14.2. The molecule has 2 unspecified atom stereocenters. The maximum atomic E-state index is 12.1. The summed E-state index contributed by atoms with van der Waals surface area (Å²) in [6.45, 7) is 6.26. The summed E-state index contributed by atoms with van der Waals surface area (Å²) in [5.74, 6) is 1.27. The van der Waals surface area contributed by atoms with Gasteiger partial charge in [-0.05, 0) is 56.7 Å². The Morgan fingerprint density at radius 1 is 1.38 bits per heavy atom. The summed E-state index contributed by atoms with van der Waals surface area (Å²) in [4.78, 5) is 12.1. The minimum atomic E-state index is -0.748. The Bertz CT molecular complexity index is 655. The molecule has 2 amide bonds. The third-order valence-electron chi connectivity index (χ3n) is 3.58. The Labute approximate surface area is 141 Å². The van der Waals surface area contributed by atoms with E-state index in [0.29, 0.717) is 18.8 Å². The number of aliphatic hydroxyl groups is 1. The van der Waals surface area contributed by atoms with Crippen LogP contribution in [0, 0.1) is 6.92 Å². The molecule has 2 aromatic rings. The summed E-state index contributed by atoms with van der Waals surface area (Å²) >= 11 is 0. The second kappa shape index (κ2) is 8.40. The fourth-order valence-electron chi connectivity index (χ4n) is 2.41. The topological polar surface area (TPSA) is 83.7 Å². The third-order valence-corrected chi connectivity index (χ3v) is 3.58. The lowest BCUT2D eigenvalue weighted by Gasteiger charge is -2.18. The predicted molar refractivity (Wildman–Crippen MR) is 92.2 cm³/mol. The van der Waals surface area contributed by atoms with Crippen LogP contribution >= 0.6 is 0 Å². The van der Waals surface area contributed by atoms with Crippen molar-refractivity contribution in [2.45, 2.75) is 39.3 Å². The first-order valence-corrected chi connectivity index (χ1v) is 8.02. The van der Waals surface area contributed by atoms with Crippen molar-refractivity contribution in [1.82, 2.24) is 5.32 Å². The van der Waals surface area contributed by atoms with Gasteiger partial charge in [0.05, 0.1) is 12.9 Å². The van der Waals surface area contributed by atoms with Crippen molar-refractivity contribution < 1.29 is 19.1 Å². The van der Waals surface area contributed by atoms with Crippen molar-refractivity contribution in [2.24, 2.45) is 0 Å². The van der Waals surface area contributed by atoms with Crippen LogP contribution in [0.25, 0.3) is 0 Å². The Balaban J connectivity index is 1.86. The van der Waals surface area contributed by atoms with E-state index in [1.807, 2.05) is 39.0 Å². The number of hydrogen-bond acceptors (Lipinski definition) is 4. The van der Waals surface area contributed by atoms with Crippen LogP contribution in [0.3, 0.4) is 0 Å². The number of nitrogens with one attached hydrogen (secondary N) is 2. The molecule has 0 aliphatic heterocycles. The highest BCUT2D eigenvalue weighted by Gasteiger charge is 2.16. The van der Waals surface area contributed by atoms with Gasteiger partial charge in [0.1, 0.15) is 17.6 Å². The van der Waals surface area contributed by atoms with E-state index in [9.17, 15) is 9.90 Å². The number of furan rings is 1. The molecule has 2 atom stereocenters. The molecule has 0 fully saturated rings. The predicted octanol–water partition coefficient (Wildman–Crippen LogP) is 3.62. The molecule has 0 radical (unpaired) electrons. The fraction of sp³-hybridized carbons (Fsp3) is 0.389. The van der Waals surface area contributed by atoms with Gasteiger partial charge in [0.15, 0.2) is 0 Å². The largest absolute Gasteiger partial charge is 0.494 e. The van der Waals surface area contributed by atoms with E-state index in [4.69, 9.17) is 9.15 Å². The zero-order valence-electron chi connectivity index (χ0n) is 14.2. The van der Waals surface area contributed by atoms with Gasteiger partial charge < -0.3 is 24.9 Å². The SMILES string of the molecule is CCOc1ccc(NC(=O)NC(C)CC(O)c2ccco2)c(C)c1. The lowest BCUT2D eigenvalue weighted by molar-refractivity contribution is 0.130. The van der Waals surface area contributed by atoms with E-state index in [2.05, 4.69) is 10.6 Å². The third kappa shape index (κ3) is 5.03. The fourth-order valence-corrected chi connectivity index (χ4v) is 2.41. The molecule has 6 heteroatoms. The summed E-state index contributed by atoms with van der Waals surface area (Å²) in [5.41, 5.74) is 1.63. The van der Waals surface area contributed by atoms with Crippen molar-refractivity contribution in [1.29, 1.82) is 0 Å². The molecule has 2 rings (SSSR count). The van der Waals surface area contributed by atoms with Crippen LogP contribution in [0.1, 0.15) is 37.7 Å². The molecule has 0 bridgehead atoms. The summed E-state index contributed by atoms with van der Waals surface area (Å²) in [7, 11) is 0. The minimum absolute atomic E-state index is 0.215. The van der Waals surface area contributed by atoms with Gasteiger partial charge in [0.2, 0.25) is 0 Å². The van der Waals surface area contributed by atoms with Gasteiger partial charge in [-0.15, -0.1) is 0 Å². The number of hydrogen-bond donors (Lipinski definition) is 3. The molecule has 130 valence electrons. The highest BCUT2D eigenvalue weighted by molar-refractivity contribution is 5.90. The van der Waals surface area contributed by atoms with Crippen LogP contribution in [0.15, 0.2) is 41.0 Å². The van der Waals surface area contributed by atoms with Crippen molar-refractivity contribution in [3.8, 4) is 5.75 Å². The smallest absolute Gasteiger partial charge is 0.319 e. The summed E-state index contributed by atoms with van der Waals surface area (Å²) in [6, 6.07) is 8.40. The molecular formula is C18H24N2O4. The number of benzene rings is 1. The lowest BCUT2D eigenvalue weighted by atomic mass is 10.1. The monoisotopic (exact) mass is 332 g/mol. The Hall–Kier alpha value is -2.47. The van der Waals surface area contributed by atoms with Crippen LogP contribution in [0.2, 0.25) is 0 Å². The van der Waals surface area contributed by atoms with Gasteiger partial charge in [-0.1, -0.05) is 0 Å². The normalized spacial score (nSPS) is 13.2. The first-order chi connectivity index (χ1) is 11.5. The number of rotatable bonds is 7. The van der Waals surface area contributed by atoms with Gasteiger partial charge in [-0.25, -0.2) is 4.79 Å². The van der Waals surface area contributed by atoms with E-state index in [1.165, 1.54) is 6.26 Å². The average Bonchev–Trinajstić information content (AvgIpc) is 3.04. The molecule has 6 nitrogen and oxygen atoms in total. The first kappa shape index (κ1) is 17.9. The number of anilines is 1. The van der Waals surface area contributed by atoms with Crippen LogP contribution < -0.4 is 15.4 Å². The molecule has 3 N–H and O–H groups in total. The molecule has 1 aromatic heterocycles. The number of carbonyl (C=O) groups is 1. The van der Waals surface area contributed by atoms with Crippen molar-refractivity contribution >= 4 is 11.7 Å². The maximum Gasteiger partial charge on any atom is 0.319 e. The number of aliphatic hydroxyl groups excluding tert-OH is 1. The highest BCUT2D eigenvalue weighted by atomic mass is 16.5. The van der Waals surface area contributed by atoms with Crippen molar-refractivity contribution in [2.75, 3.05) is 11.9 Å². The Morgan fingerprint density at radius 3 is 2.79 bits per heavy atom. The van der Waals surface area contributed by atoms with E-state index >= 15 is 0 Å². The molecule has 24 heavy (non-hydrogen) atoms. The van der Waals surface area contributed by atoms with Gasteiger partial charge in [0.25, 0.3) is 0 Å². The maximum absolute atomic E-state index is 12.1. The average molecular weight is 332 g/mol. The van der Waals surface area contributed by atoms with E-state index < -0.39 is 6.10 Å². The second-order valence-electron chi connectivity index (χ2n) is 5.68. The van der Waals surface area contributed by atoms with Gasteiger partial charge in [0, 0.05) is 18.2 Å². The number of amides is 2. The number of carbonyl (C=O) groups excluding carboxylic acids is 1.